The van der Waals surface area contributed by atoms with Crippen LogP contribution in [0, 0.1) is 5.92 Å². The van der Waals surface area contributed by atoms with Gasteiger partial charge in [-0.1, -0.05) is 12.8 Å². The molecule has 1 aliphatic rings. The molecular weight excluding hydrogens is 353 g/mol. The summed E-state index contributed by atoms with van der Waals surface area (Å²) in [5.41, 5.74) is 1.08. The first-order valence-electron chi connectivity index (χ1n) is 2.64. The molecule has 1 unspecified atom stereocenters. The number of hydrogen-bond acceptors (Lipinski definition) is 0. The molecule has 2 heteroatoms. The molecule has 0 amide bonds. The molecule has 0 aromatic rings. The summed E-state index contributed by atoms with van der Waals surface area (Å²) in [6.45, 7) is 6.93. The van der Waals surface area contributed by atoms with Crippen molar-refractivity contribution in [2.24, 2.45) is 5.92 Å². The minimum Gasteiger partial charge on any atom is -0.688 e. The van der Waals surface area contributed by atoms with Crippen LogP contribution in [0.2, 0.25) is 0 Å². The Hall–Kier alpha value is -1.46. The van der Waals surface area contributed by atoms with Gasteiger partial charge >= 0.3 is 0 Å². The molecule has 1 rings (SSSR count). The largest absolute Gasteiger partial charge is 0.688 e. The quantitative estimate of drug-likeness (QED) is 0.625. The van der Waals surface area contributed by atoms with Crippen LogP contribution in [0.15, 0.2) is 12.3 Å². The van der Waals surface area contributed by atoms with E-state index in [0.29, 0.717) is 0 Å². The normalized spacial score (nSPS) is 26.6. The van der Waals surface area contributed by atoms with E-state index >= 15 is 0 Å². The van der Waals surface area contributed by atoms with Gasteiger partial charge in [-0.25, -0.2) is 0 Å². The van der Waals surface area contributed by atoms with Crippen molar-refractivity contribution in [3.63, 3.8) is 0 Å². The molecule has 0 aliphatic carbocycles. The summed E-state index contributed by atoms with van der Waals surface area (Å²) in [6, 6.07) is 0. The minimum atomic E-state index is 0. The average Bonchev–Trinajstić information content (AvgIpc) is 1.87. The molecule has 42 valence electrons. The van der Waals surface area contributed by atoms with Crippen LogP contribution in [0.3, 0.4) is 0 Å². The van der Waals surface area contributed by atoms with E-state index in [2.05, 4.69) is 18.8 Å². The maximum atomic E-state index is 4.12. The molecule has 0 N–H and O–H groups in total. The third kappa shape index (κ3) is 1.00. The fraction of sp³-hybridized carbons (Fsp3) is 0.667. The second-order valence-corrected chi connectivity index (χ2v) is 2.22. The van der Waals surface area contributed by atoms with E-state index < -0.39 is 0 Å². The van der Waals surface area contributed by atoms with E-state index in [1.54, 1.807) is 0 Å². The molecule has 8 heavy (non-hydrogen) atoms. The molecule has 0 saturated carbocycles. The van der Waals surface area contributed by atoms with E-state index in [0.717, 1.165) is 24.6 Å². The molecule has 1 aliphatic heterocycles. The van der Waals surface area contributed by atoms with Crippen molar-refractivity contribution in [2.45, 2.75) is 13.3 Å². The molecule has 1 heterocycles. The summed E-state index contributed by atoms with van der Waals surface area (Å²) in [5.74, 6) is 0.757. The number of rotatable bonds is 0. The van der Waals surface area contributed by atoms with Crippen LogP contribution in [0.4, 0.5) is 0 Å². The first kappa shape index (κ1) is 6.54. The van der Waals surface area contributed by atoms with E-state index in [1.807, 2.05) is 0 Å². The van der Waals surface area contributed by atoms with E-state index in [4.69, 9.17) is 0 Å². The summed E-state index contributed by atoms with van der Waals surface area (Å²) < 4.78 is 0. The second kappa shape index (κ2) is 2.01. The van der Waals surface area contributed by atoms with Gasteiger partial charge in [0.2, 0.25) is 0 Å². The summed E-state index contributed by atoms with van der Waals surface area (Å²) in [7, 11) is 0. The van der Waals surface area contributed by atoms with Gasteiger partial charge in [0, 0.05) is 0 Å². The Labute approximate surface area is 44.4 Å². The molecule has 0 radical (unpaired) electrons. The summed E-state index contributed by atoms with van der Waals surface area (Å²) in [6.07, 6.45) is 1.11. The van der Waals surface area contributed by atoms with E-state index in [-0.39, 0.29) is 0 Å². The van der Waals surface area contributed by atoms with Gasteiger partial charge in [-0.05, 0) is 6.42 Å². The zero-order chi connectivity index (χ0) is 5.28. The Balaban J connectivity index is 0.000000490. The predicted octanol–water partition coefficient (Wildman–Crippen LogP) is 1.91. The molecule has 1 fully saturated rings. The first-order valence-corrected chi connectivity index (χ1v) is 2.64. The maximum Gasteiger partial charge on any atom is 0 e. The molecule has 1 nitrogen and oxygen atoms in total. The Morgan fingerprint density at radius 3 is 2.50 bits per heavy atom. The van der Waals surface area contributed by atoms with Crippen LogP contribution in [0.1, 0.15) is 13.3 Å². The summed E-state index contributed by atoms with van der Waals surface area (Å²) in [5, 5.41) is 4.12. The monoisotopic (exact) mass is 363 g/mol. The van der Waals surface area contributed by atoms with Crippen LogP contribution in [0.25, 0.3) is 5.32 Å². The summed E-state index contributed by atoms with van der Waals surface area (Å²) in [4.78, 5) is 0. The predicted molar refractivity (Wildman–Crippen MR) is 31.1 cm³/mol. The Kier molecular flexibility index (Phi) is 1.64. The van der Waals surface area contributed by atoms with Crippen LogP contribution in [-0.2, 0) is 0 Å². The number of nitrogens with zero attached hydrogens (tertiary/aromatic N) is 1. The molecule has 0 aromatic carbocycles. The van der Waals surface area contributed by atoms with Crippen molar-refractivity contribution < 1.29 is 0 Å². The van der Waals surface area contributed by atoms with Gasteiger partial charge < -0.3 is 5.32 Å². The molecule has 1 atom stereocenters. The van der Waals surface area contributed by atoms with Crippen LogP contribution >= 0.6 is 0 Å². The van der Waals surface area contributed by atoms with Crippen LogP contribution < -0.4 is 0 Å². The standard InChI is InChI=1S/C6H10N.Rf/c1-5-3-6(2)7-4-5;/h5H,2-4H2,1H3;/q-1;. The van der Waals surface area contributed by atoms with Gasteiger partial charge in [0.1, 0.15) is 0 Å². The first-order chi connectivity index (χ1) is 3.29. The SMILES string of the molecule is C=C1CC(C)C[N-]1.[Rf]. The second-order valence-electron chi connectivity index (χ2n) is 2.22. The molecular formula is C6H10NRf-. The van der Waals surface area contributed by atoms with Crippen molar-refractivity contribution in [3.05, 3.63) is 17.6 Å². The smallest absolute Gasteiger partial charge is 0 e. The Morgan fingerprint density at radius 2 is 2.38 bits per heavy atom. The molecule has 0 aromatic heterocycles. The molecule has 1 saturated heterocycles. The van der Waals surface area contributed by atoms with Crippen molar-refractivity contribution in [1.82, 2.24) is 0 Å². The van der Waals surface area contributed by atoms with Crippen LogP contribution in [0.5, 0.6) is 0 Å². The van der Waals surface area contributed by atoms with Crippen molar-refractivity contribution >= 4 is 0 Å². The van der Waals surface area contributed by atoms with Gasteiger partial charge in [-0.2, -0.15) is 5.70 Å². The van der Waals surface area contributed by atoms with Gasteiger partial charge in [-0.3, -0.25) is 0 Å². The van der Waals surface area contributed by atoms with Crippen molar-refractivity contribution in [1.29, 1.82) is 0 Å². The third-order valence-corrected chi connectivity index (χ3v) is 1.21. The number of allylic oxidation sites excluding steroid dienone is 1. The third-order valence-electron chi connectivity index (χ3n) is 1.21. The molecule has 0 bridgehead atoms. The van der Waals surface area contributed by atoms with Crippen LogP contribution in [-0.4, -0.2) is 6.54 Å². The topological polar surface area (TPSA) is 14.1 Å². The van der Waals surface area contributed by atoms with Crippen molar-refractivity contribution in [2.75, 3.05) is 6.54 Å². The maximum absolute atomic E-state index is 4.12. The molecule has 0 spiro atoms. The average molecular weight is 363 g/mol. The van der Waals surface area contributed by atoms with E-state index in [9.17, 15) is 0 Å². The van der Waals surface area contributed by atoms with Gasteiger partial charge in [0.25, 0.3) is 0 Å². The van der Waals surface area contributed by atoms with Gasteiger partial charge in [0.15, 0.2) is 0 Å². The summed E-state index contributed by atoms with van der Waals surface area (Å²) >= 11 is 0. The van der Waals surface area contributed by atoms with Gasteiger partial charge in [-0.15, -0.1) is 13.1 Å². The Bertz CT molecular complexity index is 90.5. The Morgan fingerprint density at radius 1 is 1.75 bits per heavy atom. The van der Waals surface area contributed by atoms with E-state index in [1.165, 1.54) is 0 Å². The van der Waals surface area contributed by atoms with Crippen molar-refractivity contribution in [3.8, 4) is 0 Å². The fourth-order valence-electron chi connectivity index (χ4n) is 0.816. The minimum absolute atomic E-state index is 0. The number of hydrogen-bond donors (Lipinski definition) is 0. The zero-order valence-electron chi connectivity index (χ0n) is 5.35. The fourth-order valence-corrected chi connectivity index (χ4v) is 0.816. The van der Waals surface area contributed by atoms with Gasteiger partial charge in [0.05, 0.1) is 0 Å². The zero-order valence-corrected chi connectivity index (χ0v) is 11.8.